The van der Waals surface area contributed by atoms with Gasteiger partial charge >= 0.3 is 5.97 Å². The molecule has 1 atom stereocenters. The Kier molecular flexibility index (Phi) is 6.55. The van der Waals surface area contributed by atoms with Gasteiger partial charge in [-0.2, -0.15) is 0 Å². The molecule has 1 aromatic heterocycles. The molecule has 3 aromatic rings. The molecular formula is C23H22N2O6S. The van der Waals surface area contributed by atoms with Crippen LogP contribution in [0, 0.1) is 6.92 Å². The average Bonchev–Trinajstić information content (AvgIpc) is 3.42. The van der Waals surface area contributed by atoms with E-state index in [-0.39, 0.29) is 13.2 Å². The van der Waals surface area contributed by atoms with Crippen molar-refractivity contribution in [2.24, 2.45) is 0 Å². The first-order chi connectivity index (χ1) is 15.5. The third kappa shape index (κ3) is 5.55. The minimum absolute atomic E-state index is 0.0251. The van der Waals surface area contributed by atoms with E-state index >= 15 is 0 Å². The molecule has 8 nitrogen and oxygen atoms in total. The Hall–Kier alpha value is -3.59. The standard InChI is InChI=1S/C23H22N2O6S/c1-14-3-6-18(7-4-14)28-11-21-24-17(12-32-21)10-22(26)31-15(2)23(27)25-16-5-8-19-20(9-16)30-13-29-19/h3-9,12,15H,10-11,13H2,1-2H3,(H,25,27). The second-order valence-corrected chi connectivity index (χ2v) is 8.14. The predicted octanol–water partition coefficient (Wildman–Crippen LogP) is 3.87. The molecule has 0 saturated heterocycles. The first kappa shape index (κ1) is 21.6. The summed E-state index contributed by atoms with van der Waals surface area (Å²) in [7, 11) is 0. The second kappa shape index (κ2) is 9.69. The highest BCUT2D eigenvalue weighted by molar-refractivity contribution is 7.09. The fraction of sp³-hybridized carbons (Fsp3) is 0.261. The number of hydrogen-bond donors (Lipinski definition) is 1. The molecule has 0 fully saturated rings. The van der Waals surface area contributed by atoms with Gasteiger partial charge in [0.1, 0.15) is 17.4 Å². The number of nitrogens with zero attached hydrogens (tertiary/aromatic N) is 1. The Labute approximate surface area is 189 Å². The van der Waals surface area contributed by atoms with E-state index in [4.69, 9.17) is 18.9 Å². The Morgan fingerprint density at radius 2 is 1.94 bits per heavy atom. The van der Waals surface area contributed by atoms with Crippen LogP contribution < -0.4 is 19.5 Å². The maximum atomic E-state index is 12.4. The highest BCUT2D eigenvalue weighted by Crippen LogP contribution is 2.34. The topological polar surface area (TPSA) is 96.0 Å². The number of hydrogen-bond acceptors (Lipinski definition) is 8. The van der Waals surface area contributed by atoms with Crippen molar-refractivity contribution in [3.63, 3.8) is 0 Å². The van der Waals surface area contributed by atoms with E-state index in [1.807, 2.05) is 31.2 Å². The van der Waals surface area contributed by atoms with Crippen LogP contribution in [0.2, 0.25) is 0 Å². The van der Waals surface area contributed by atoms with Crippen molar-refractivity contribution in [3.05, 3.63) is 64.1 Å². The summed E-state index contributed by atoms with van der Waals surface area (Å²) in [4.78, 5) is 29.0. The minimum atomic E-state index is -0.962. The van der Waals surface area contributed by atoms with Crippen LogP contribution in [0.1, 0.15) is 23.2 Å². The van der Waals surface area contributed by atoms with Crippen LogP contribution in [-0.4, -0.2) is 29.8 Å². The second-order valence-electron chi connectivity index (χ2n) is 7.20. The maximum Gasteiger partial charge on any atom is 0.312 e. The number of aryl methyl sites for hydroxylation is 1. The monoisotopic (exact) mass is 454 g/mol. The molecule has 1 amide bonds. The van der Waals surface area contributed by atoms with Crippen LogP contribution in [0.25, 0.3) is 0 Å². The predicted molar refractivity (Wildman–Crippen MR) is 118 cm³/mol. The molecule has 0 radical (unpaired) electrons. The molecular weight excluding hydrogens is 432 g/mol. The Balaban J connectivity index is 1.24. The van der Waals surface area contributed by atoms with Crippen LogP contribution in [0.15, 0.2) is 47.8 Å². The molecule has 166 valence electrons. The van der Waals surface area contributed by atoms with Gasteiger partial charge in [-0.25, -0.2) is 4.98 Å². The van der Waals surface area contributed by atoms with E-state index in [2.05, 4.69) is 10.3 Å². The van der Waals surface area contributed by atoms with Crippen molar-refractivity contribution in [3.8, 4) is 17.2 Å². The summed E-state index contributed by atoms with van der Waals surface area (Å²) in [6.45, 7) is 3.99. The third-order valence-corrected chi connectivity index (χ3v) is 5.50. The van der Waals surface area contributed by atoms with Crippen molar-refractivity contribution < 1.29 is 28.5 Å². The molecule has 0 bridgehead atoms. The number of fused-ring (bicyclic) bond motifs is 1. The third-order valence-electron chi connectivity index (χ3n) is 4.63. The molecule has 1 unspecified atom stereocenters. The highest BCUT2D eigenvalue weighted by atomic mass is 32.1. The van der Waals surface area contributed by atoms with Gasteiger partial charge in [0.25, 0.3) is 5.91 Å². The van der Waals surface area contributed by atoms with Gasteiger partial charge in [0.2, 0.25) is 6.79 Å². The lowest BCUT2D eigenvalue weighted by atomic mass is 10.2. The zero-order chi connectivity index (χ0) is 22.5. The molecule has 4 rings (SSSR count). The van der Waals surface area contributed by atoms with Crippen molar-refractivity contribution in [2.45, 2.75) is 33.0 Å². The number of amides is 1. The number of ether oxygens (including phenoxy) is 4. The van der Waals surface area contributed by atoms with E-state index in [0.717, 1.165) is 16.3 Å². The average molecular weight is 455 g/mol. The first-order valence-electron chi connectivity index (χ1n) is 9.99. The van der Waals surface area contributed by atoms with Gasteiger partial charge in [-0.15, -0.1) is 11.3 Å². The van der Waals surface area contributed by atoms with Crippen LogP contribution in [0.5, 0.6) is 17.2 Å². The number of carbonyl (C=O) groups is 2. The molecule has 1 N–H and O–H groups in total. The highest BCUT2D eigenvalue weighted by Gasteiger charge is 2.20. The van der Waals surface area contributed by atoms with Gasteiger partial charge in [-0.1, -0.05) is 17.7 Å². The van der Waals surface area contributed by atoms with Gasteiger partial charge in [-0.3, -0.25) is 9.59 Å². The Morgan fingerprint density at radius 1 is 1.16 bits per heavy atom. The van der Waals surface area contributed by atoms with Crippen LogP contribution in [0.4, 0.5) is 5.69 Å². The molecule has 2 aromatic carbocycles. The fourth-order valence-corrected chi connectivity index (χ4v) is 3.64. The number of aromatic nitrogens is 1. The van der Waals surface area contributed by atoms with E-state index in [0.29, 0.717) is 29.5 Å². The van der Waals surface area contributed by atoms with Crippen LogP contribution in [-0.2, 0) is 27.4 Å². The zero-order valence-electron chi connectivity index (χ0n) is 17.6. The molecule has 0 spiro atoms. The number of nitrogens with one attached hydrogen (secondary N) is 1. The number of carbonyl (C=O) groups excluding carboxylic acids is 2. The van der Waals surface area contributed by atoms with Crippen LogP contribution >= 0.6 is 11.3 Å². The molecule has 1 aliphatic rings. The SMILES string of the molecule is Cc1ccc(OCc2nc(CC(=O)OC(C)C(=O)Nc3ccc4c(c3)OCO4)cs2)cc1. The van der Waals surface area contributed by atoms with Gasteiger partial charge < -0.3 is 24.3 Å². The number of thiazole rings is 1. The summed E-state index contributed by atoms with van der Waals surface area (Å²) in [5.74, 6) is 0.957. The van der Waals surface area contributed by atoms with E-state index in [1.165, 1.54) is 18.3 Å². The molecule has 0 aliphatic carbocycles. The van der Waals surface area contributed by atoms with Gasteiger partial charge in [-0.05, 0) is 38.1 Å². The van der Waals surface area contributed by atoms with Gasteiger partial charge in [0.05, 0.1) is 12.1 Å². The quantitative estimate of drug-likeness (QED) is 0.516. The molecule has 9 heteroatoms. The lowest BCUT2D eigenvalue weighted by Crippen LogP contribution is -2.30. The number of esters is 1. The summed E-state index contributed by atoms with van der Waals surface area (Å²) >= 11 is 1.41. The number of benzene rings is 2. The van der Waals surface area contributed by atoms with Crippen molar-refractivity contribution in [2.75, 3.05) is 12.1 Å². The Morgan fingerprint density at radius 3 is 2.75 bits per heavy atom. The zero-order valence-corrected chi connectivity index (χ0v) is 18.4. The van der Waals surface area contributed by atoms with Crippen molar-refractivity contribution >= 4 is 28.9 Å². The van der Waals surface area contributed by atoms with E-state index < -0.39 is 18.0 Å². The summed E-state index contributed by atoms with van der Waals surface area (Å²) in [5.41, 5.74) is 2.26. The Bertz CT molecular complexity index is 1110. The molecule has 32 heavy (non-hydrogen) atoms. The fourth-order valence-electron chi connectivity index (χ4n) is 2.93. The van der Waals surface area contributed by atoms with Crippen molar-refractivity contribution in [1.29, 1.82) is 0 Å². The first-order valence-corrected chi connectivity index (χ1v) is 10.9. The molecule has 0 saturated carbocycles. The maximum absolute atomic E-state index is 12.4. The summed E-state index contributed by atoms with van der Waals surface area (Å²) in [6, 6.07) is 12.8. The van der Waals surface area contributed by atoms with Gasteiger partial charge in [0, 0.05) is 17.1 Å². The lowest BCUT2D eigenvalue weighted by molar-refractivity contribution is -0.152. The van der Waals surface area contributed by atoms with Gasteiger partial charge in [0.15, 0.2) is 17.6 Å². The summed E-state index contributed by atoms with van der Waals surface area (Å²) < 4.78 is 21.5. The minimum Gasteiger partial charge on any atom is -0.486 e. The number of anilines is 1. The molecule has 1 aliphatic heterocycles. The lowest BCUT2D eigenvalue weighted by Gasteiger charge is -2.13. The van der Waals surface area contributed by atoms with Crippen molar-refractivity contribution in [1.82, 2.24) is 4.98 Å². The van der Waals surface area contributed by atoms with E-state index in [9.17, 15) is 9.59 Å². The molecule has 2 heterocycles. The normalized spacial score (nSPS) is 12.8. The smallest absolute Gasteiger partial charge is 0.312 e. The number of rotatable bonds is 8. The largest absolute Gasteiger partial charge is 0.486 e. The van der Waals surface area contributed by atoms with Crippen LogP contribution in [0.3, 0.4) is 0 Å². The summed E-state index contributed by atoms with van der Waals surface area (Å²) in [5, 5.41) is 5.23. The summed E-state index contributed by atoms with van der Waals surface area (Å²) in [6.07, 6.45) is -0.987. The van der Waals surface area contributed by atoms with E-state index in [1.54, 1.807) is 23.6 Å².